The molecule has 0 atom stereocenters. The molecule has 104 valence electrons. The molecule has 7 heteroatoms. The maximum absolute atomic E-state index is 10.8. The van der Waals surface area contributed by atoms with Crippen LogP contribution in [0.5, 0.6) is 11.6 Å². The summed E-state index contributed by atoms with van der Waals surface area (Å²) < 4.78 is 6.94. The van der Waals surface area contributed by atoms with E-state index in [9.17, 15) is 4.79 Å². The normalized spacial score (nSPS) is 10.3. The van der Waals surface area contributed by atoms with Crippen LogP contribution in [0.2, 0.25) is 0 Å². The minimum Gasteiger partial charge on any atom is -0.476 e. The van der Waals surface area contributed by atoms with Crippen LogP contribution in [0.3, 0.4) is 0 Å². The van der Waals surface area contributed by atoms with E-state index in [-0.39, 0.29) is 5.69 Å². The standard InChI is InChI=1S/C14H10N4O3/c19-14(20)11-6-7-18(17-11)12-8-13(16-9-15-12)21-10-4-2-1-3-5-10/h1-9H,(H,19,20). The smallest absolute Gasteiger partial charge is 0.356 e. The highest BCUT2D eigenvalue weighted by atomic mass is 16.5. The first-order valence-corrected chi connectivity index (χ1v) is 6.07. The van der Waals surface area contributed by atoms with Gasteiger partial charge in [0.25, 0.3) is 0 Å². The third kappa shape index (κ3) is 2.86. The van der Waals surface area contributed by atoms with Crippen molar-refractivity contribution in [3.63, 3.8) is 0 Å². The van der Waals surface area contributed by atoms with Crippen LogP contribution in [0.4, 0.5) is 0 Å². The summed E-state index contributed by atoms with van der Waals surface area (Å²) >= 11 is 0. The lowest BCUT2D eigenvalue weighted by Gasteiger charge is -2.05. The quantitative estimate of drug-likeness (QED) is 0.788. The van der Waals surface area contributed by atoms with Crippen molar-refractivity contribution in [3.05, 3.63) is 60.7 Å². The number of aromatic nitrogens is 4. The van der Waals surface area contributed by atoms with E-state index in [1.165, 1.54) is 23.3 Å². The predicted molar refractivity (Wildman–Crippen MR) is 72.6 cm³/mol. The molecule has 0 saturated heterocycles. The van der Waals surface area contributed by atoms with Gasteiger partial charge in [-0.1, -0.05) is 18.2 Å². The fourth-order valence-electron chi connectivity index (χ4n) is 1.69. The van der Waals surface area contributed by atoms with E-state index in [0.29, 0.717) is 17.4 Å². The lowest BCUT2D eigenvalue weighted by atomic mass is 10.3. The Bertz CT molecular complexity index is 771. The second kappa shape index (κ2) is 5.41. The topological polar surface area (TPSA) is 90.1 Å². The van der Waals surface area contributed by atoms with E-state index < -0.39 is 5.97 Å². The highest BCUT2D eigenvalue weighted by Crippen LogP contribution is 2.19. The Hall–Kier alpha value is -3.22. The second-order valence-electron chi connectivity index (χ2n) is 4.08. The molecule has 3 rings (SSSR count). The minimum atomic E-state index is -1.09. The van der Waals surface area contributed by atoms with E-state index in [0.717, 1.165) is 0 Å². The SMILES string of the molecule is O=C(O)c1ccn(-c2cc(Oc3ccccc3)ncn2)n1. The second-order valence-corrected chi connectivity index (χ2v) is 4.08. The fourth-order valence-corrected chi connectivity index (χ4v) is 1.69. The average Bonchev–Trinajstić information content (AvgIpc) is 2.99. The summed E-state index contributed by atoms with van der Waals surface area (Å²) in [6.45, 7) is 0. The molecule has 1 aromatic carbocycles. The van der Waals surface area contributed by atoms with E-state index in [2.05, 4.69) is 15.1 Å². The Kier molecular flexibility index (Phi) is 3.30. The number of hydrogen-bond acceptors (Lipinski definition) is 5. The van der Waals surface area contributed by atoms with Gasteiger partial charge in [-0.05, 0) is 18.2 Å². The summed E-state index contributed by atoms with van der Waals surface area (Å²) in [6, 6.07) is 12.2. The Balaban J connectivity index is 1.87. The summed E-state index contributed by atoms with van der Waals surface area (Å²) in [5.41, 5.74) is -0.0564. The lowest BCUT2D eigenvalue weighted by molar-refractivity contribution is 0.0690. The van der Waals surface area contributed by atoms with Crippen LogP contribution in [-0.2, 0) is 0 Å². The van der Waals surface area contributed by atoms with Crippen LogP contribution >= 0.6 is 0 Å². The van der Waals surface area contributed by atoms with Crippen LogP contribution < -0.4 is 4.74 Å². The molecule has 2 aromatic heterocycles. The first-order valence-electron chi connectivity index (χ1n) is 6.07. The molecule has 0 aliphatic rings. The summed E-state index contributed by atoms with van der Waals surface area (Å²) in [7, 11) is 0. The molecular weight excluding hydrogens is 272 g/mol. The van der Waals surface area contributed by atoms with Gasteiger partial charge in [0.1, 0.15) is 12.1 Å². The Morgan fingerprint density at radius 1 is 1.14 bits per heavy atom. The number of benzene rings is 1. The monoisotopic (exact) mass is 282 g/mol. The molecule has 0 fully saturated rings. The van der Waals surface area contributed by atoms with Crippen molar-refractivity contribution in [2.45, 2.75) is 0 Å². The molecule has 0 bridgehead atoms. The molecule has 0 aliphatic carbocycles. The van der Waals surface area contributed by atoms with Gasteiger partial charge in [0.15, 0.2) is 11.5 Å². The maximum Gasteiger partial charge on any atom is 0.356 e. The molecule has 0 radical (unpaired) electrons. The van der Waals surface area contributed by atoms with Gasteiger partial charge in [0, 0.05) is 12.3 Å². The third-order valence-corrected chi connectivity index (χ3v) is 2.64. The van der Waals surface area contributed by atoms with Crippen molar-refractivity contribution in [3.8, 4) is 17.4 Å². The van der Waals surface area contributed by atoms with E-state index in [4.69, 9.17) is 9.84 Å². The molecule has 21 heavy (non-hydrogen) atoms. The first kappa shape index (κ1) is 12.8. The van der Waals surface area contributed by atoms with Gasteiger partial charge in [0.05, 0.1) is 0 Å². The number of rotatable bonds is 4. The zero-order chi connectivity index (χ0) is 14.7. The summed E-state index contributed by atoms with van der Waals surface area (Å²) in [6.07, 6.45) is 2.84. The Morgan fingerprint density at radius 3 is 2.67 bits per heavy atom. The average molecular weight is 282 g/mol. The highest BCUT2D eigenvalue weighted by Gasteiger charge is 2.09. The van der Waals surface area contributed by atoms with Gasteiger partial charge < -0.3 is 9.84 Å². The van der Waals surface area contributed by atoms with Crippen molar-refractivity contribution in [2.24, 2.45) is 0 Å². The van der Waals surface area contributed by atoms with Crippen LogP contribution in [0.1, 0.15) is 10.5 Å². The molecule has 3 aromatic rings. The lowest BCUT2D eigenvalue weighted by Crippen LogP contribution is -2.03. The number of hydrogen-bond donors (Lipinski definition) is 1. The van der Waals surface area contributed by atoms with Crippen molar-refractivity contribution in [2.75, 3.05) is 0 Å². The highest BCUT2D eigenvalue weighted by molar-refractivity contribution is 5.85. The molecule has 0 spiro atoms. The summed E-state index contributed by atoms with van der Waals surface area (Å²) in [4.78, 5) is 18.9. The number of carbonyl (C=O) groups is 1. The molecule has 0 amide bonds. The van der Waals surface area contributed by atoms with Gasteiger partial charge in [0.2, 0.25) is 5.88 Å². The first-order chi connectivity index (χ1) is 10.2. The molecule has 2 heterocycles. The van der Waals surface area contributed by atoms with Gasteiger partial charge in [-0.15, -0.1) is 0 Å². The van der Waals surface area contributed by atoms with Gasteiger partial charge >= 0.3 is 5.97 Å². The third-order valence-electron chi connectivity index (χ3n) is 2.64. The van der Waals surface area contributed by atoms with Crippen LogP contribution in [0.15, 0.2) is 55.0 Å². The number of nitrogens with zero attached hydrogens (tertiary/aromatic N) is 4. The summed E-state index contributed by atoms with van der Waals surface area (Å²) in [5.74, 6) is 0.319. The Labute approximate surface area is 119 Å². The number of carboxylic acids is 1. The molecule has 7 nitrogen and oxygen atoms in total. The Morgan fingerprint density at radius 2 is 1.95 bits per heavy atom. The molecule has 0 aliphatic heterocycles. The molecular formula is C14H10N4O3. The van der Waals surface area contributed by atoms with Crippen molar-refractivity contribution in [1.29, 1.82) is 0 Å². The molecule has 0 saturated carbocycles. The van der Waals surface area contributed by atoms with Crippen molar-refractivity contribution >= 4 is 5.97 Å². The maximum atomic E-state index is 10.8. The number of aromatic carboxylic acids is 1. The largest absolute Gasteiger partial charge is 0.476 e. The fraction of sp³-hybridized carbons (Fsp3) is 0. The van der Waals surface area contributed by atoms with Gasteiger partial charge in [-0.2, -0.15) is 5.10 Å². The number of ether oxygens (including phenoxy) is 1. The van der Waals surface area contributed by atoms with Crippen LogP contribution in [-0.4, -0.2) is 30.8 Å². The predicted octanol–water partition coefficient (Wildman–Crippen LogP) is 2.15. The van der Waals surface area contributed by atoms with E-state index in [1.54, 1.807) is 18.2 Å². The zero-order valence-electron chi connectivity index (χ0n) is 10.7. The van der Waals surface area contributed by atoms with Crippen LogP contribution in [0, 0.1) is 0 Å². The number of para-hydroxylation sites is 1. The van der Waals surface area contributed by atoms with E-state index >= 15 is 0 Å². The van der Waals surface area contributed by atoms with Crippen LogP contribution in [0.25, 0.3) is 5.82 Å². The molecule has 1 N–H and O–H groups in total. The molecule has 0 unspecified atom stereocenters. The zero-order valence-corrected chi connectivity index (χ0v) is 10.7. The van der Waals surface area contributed by atoms with Crippen molar-refractivity contribution in [1.82, 2.24) is 19.7 Å². The van der Waals surface area contributed by atoms with Gasteiger partial charge in [-0.3, -0.25) is 0 Å². The minimum absolute atomic E-state index is 0.0564. The number of carboxylic acid groups (broad SMARTS) is 1. The summed E-state index contributed by atoms with van der Waals surface area (Å²) in [5, 5.41) is 12.8. The van der Waals surface area contributed by atoms with Gasteiger partial charge in [-0.25, -0.2) is 19.4 Å². The van der Waals surface area contributed by atoms with E-state index in [1.807, 2.05) is 18.2 Å². The van der Waals surface area contributed by atoms with Crippen molar-refractivity contribution < 1.29 is 14.6 Å².